The Kier molecular flexibility index (Phi) is 1.91. The van der Waals surface area contributed by atoms with Crippen LogP contribution in [0.4, 0.5) is 0 Å². The number of hydrogen-bond acceptors (Lipinski definition) is 3. The Balaban J connectivity index is 2.36. The first kappa shape index (κ1) is 8.75. The lowest BCUT2D eigenvalue weighted by Crippen LogP contribution is -2.21. The first-order chi connectivity index (χ1) is 6.20. The highest BCUT2D eigenvalue weighted by Gasteiger charge is 2.54. The minimum atomic E-state index is -0.271. The van der Waals surface area contributed by atoms with Crippen LogP contribution in [-0.4, -0.2) is 13.1 Å². The molecule has 1 fully saturated rings. The van der Waals surface area contributed by atoms with Crippen LogP contribution in [-0.2, 0) is 14.9 Å². The van der Waals surface area contributed by atoms with Crippen LogP contribution in [0.1, 0.15) is 23.3 Å². The Morgan fingerprint density at radius 3 is 2.69 bits per heavy atom. The molecule has 2 nitrogen and oxygen atoms in total. The van der Waals surface area contributed by atoms with Gasteiger partial charge in [-0.2, -0.15) is 0 Å². The zero-order valence-electron chi connectivity index (χ0n) is 7.79. The molecule has 2 rings (SSSR count). The summed E-state index contributed by atoms with van der Waals surface area (Å²) in [5, 5.41) is 2.04. The zero-order valence-corrected chi connectivity index (χ0v) is 8.61. The summed E-state index contributed by atoms with van der Waals surface area (Å²) in [5.41, 5.74) is 0.945. The molecule has 0 bridgehead atoms. The summed E-state index contributed by atoms with van der Waals surface area (Å²) in [6.07, 6.45) is 1.89. The van der Waals surface area contributed by atoms with Gasteiger partial charge in [-0.15, -0.1) is 11.3 Å². The number of carbonyl (C=O) groups excluding carboxylic acids is 1. The number of rotatable bonds is 2. The van der Waals surface area contributed by atoms with Gasteiger partial charge in [-0.3, -0.25) is 4.79 Å². The summed E-state index contributed by atoms with van der Waals surface area (Å²) in [7, 11) is 1.46. The van der Waals surface area contributed by atoms with Gasteiger partial charge < -0.3 is 4.74 Å². The van der Waals surface area contributed by atoms with E-state index in [-0.39, 0.29) is 11.4 Å². The van der Waals surface area contributed by atoms with Crippen molar-refractivity contribution in [1.82, 2.24) is 0 Å². The van der Waals surface area contributed by atoms with Crippen LogP contribution in [0, 0.1) is 6.92 Å². The minimum absolute atomic E-state index is 0.0713. The summed E-state index contributed by atoms with van der Waals surface area (Å²) in [6.45, 7) is 2.05. The minimum Gasteiger partial charge on any atom is -0.468 e. The highest BCUT2D eigenvalue weighted by atomic mass is 32.1. The van der Waals surface area contributed by atoms with Crippen LogP contribution in [0.5, 0.6) is 0 Å². The molecule has 0 N–H and O–H groups in total. The molecule has 0 unspecified atom stereocenters. The van der Waals surface area contributed by atoms with Crippen molar-refractivity contribution >= 4 is 17.3 Å². The van der Waals surface area contributed by atoms with Crippen LogP contribution in [0.15, 0.2) is 11.4 Å². The van der Waals surface area contributed by atoms with Crippen LogP contribution < -0.4 is 0 Å². The quantitative estimate of drug-likeness (QED) is 0.678. The van der Waals surface area contributed by atoms with Crippen molar-refractivity contribution in [3.63, 3.8) is 0 Å². The van der Waals surface area contributed by atoms with E-state index < -0.39 is 0 Å². The SMILES string of the molecule is COC(=O)C1(c2sccc2C)CC1. The monoisotopic (exact) mass is 196 g/mol. The number of methoxy groups -OCH3 is 1. The Labute approximate surface area is 81.5 Å². The predicted octanol–water partition coefficient (Wildman–Crippen LogP) is 2.26. The van der Waals surface area contributed by atoms with E-state index in [0.717, 1.165) is 12.8 Å². The van der Waals surface area contributed by atoms with Crippen LogP contribution in [0.2, 0.25) is 0 Å². The molecule has 1 aromatic heterocycles. The molecule has 0 amide bonds. The molecule has 0 radical (unpaired) electrons. The Bertz CT molecular complexity index is 336. The van der Waals surface area contributed by atoms with E-state index in [9.17, 15) is 4.79 Å². The molecular weight excluding hydrogens is 184 g/mol. The fraction of sp³-hybridized carbons (Fsp3) is 0.500. The van der Waals surface area contributed by atoms with Crippen molar-refractivity contribution in [2.75, 3.05) is 7.11 Å². The third-order valence-corrected chi connectivity index (χ3v) is 3.84. The van der Waals surface area contributed by atoms with Gasteiger partial charge in [0.2, 0.25) is 0 Å². The van der Waals surface area contributed by atoms with Gasteiger partial charge in [0.25, 0.3) is 0 Å². The van der Waals surface area contributed by atoms with Gasteiger partial charge >= 0.3 is 5.97 Å². The van der Waals surface area contributed by atoms with Gasteiger partial charge in [0.15, 0.2) is 0 Å². The molecule has 0 saturated heterocycles. The molecule has 1 saturated carbocycles. The second-order valence-electron chi connectivity index (χ2n) is 3.51. The van der Waals surface area contributed by atoms with Crippen LogP contribution in [0.3, 0.4) is 0 Å². The number of aryl methyl sites for hydroxylation is 1. The van der Waals surface area contributed by atoms with E-state index in [1.807, 2.05) is 5.38 Å². The summed E-state index contributed by atoms with van der Waals surface area (Å²) >= 11 is 1.66. The maximum absolute atomic E-state index is 11.5. The molecule has 0 aromatic carbocycles. The van der Waals surface area contributed by atoms with E-state index in [4.69, 9.17) is 4.74 Å². The number of ether oxygens (including phenoxy) is 1. The van der Waals surface area contributed by atoms with Gasteiger partial charge in [0.1, 0.15) is 5.41 Å². The largest absolute Gasteiger partial charge is 0.468 e. The lowest BCUT2D eigenvalue weighted by Gasteiger charge is -2.11. The van der Waals surface area contributed by atoms with Gasteiger partial charge in [-0.05, 0) is 36.8 Å². The molecule has 0 spiro atoms. The topological polar surface area (TPSA) is 26.3 Å². The summed E-state index contributed by atoms with van der Waals surface area (Å²) in [4.78, 5) is 12.7. The van der Waals surface area contributed by atoms with E-state index in [0.29, 0.717) is 0 Å². The van der Waals surface area contributed by atoms with Gasteiger partial charge in [-0.25, -0.2) is 0 Å². The van der Waals surface area contributed by atoms with Crippen molar-refractivity contribution in [1.29, 1.82) is 0 Å². The summed E-state index contributed by atoms with van der Waals surface area (Å²) in [6, 6.07) is 2.06. The van der Waals surface area contributed by atoms with Crippen molar-refractivity contribution < 1.29 is 9.53 Å². The Hall–Kier alpha value is -0.830. The number of hydrogen-bond donors (Lipinski definition) is 0. The van der Waals surface area contributed by atoms with Gasteiger partial charge in [-0.1, -0.05) is 0 Å². The van der Waals surface area contributed by atoms with E-state index in [2.05, 4.69) is 13.0 Å². The lowest BCUT2D eigenvalue weighted by molar-refractivity contribution is -0.143. The maximum Gasteiger partial charge on any atom is 0.317 e. The average Bonchev–Trinajstić information content (AvgIpc) is 2.83. The van der Waals surface area contributed by atoms with Crippen LogP contribution in [0.25, 0.3) is 0 Å². The fourth-order valence-corrected chi connectivity index (χ4v) is 2.88. The molecule has 1 aliphatic carbocycles. The van der Waals surface area contributed by atoms with E-state index >= 15 is 0 Å². The smallest absolute Gasteiger partial charge is 0.317 e. The molecule has 70 valence electrons. The average molecular weight is 196 g/mol. The third-order valence-electron chi connectivity index (χ3n) is 2.62. The van der Waals surface area contributed by atoms with Gasteiger partial charge in [0, 0.05) is 4.88 Å². The van der Waals surface area contributed by atoms with E-state index in [1.54, 1.807) is 11.3 Å². The highest BCUT2D eigenvalue weighted by molar-refractivity contribution is 7.10. The molecule has 1 heterocycles. The number of thiophene rings is 1. The molecule has 0 atom stereocenters. The van der Waals surface area contributed by atoms with Gasteiger partial charge in [0.05, 0.1) is 7.11 Å². The number of esters is 1. The highest BCUT2D eigenvalue weighted by Crippen LogP contribution is 2.52. The molecule has 3 heteroatoms. The lowest BCUT2D eigenvalue weighted by atomic mass is 10.0. The molecule has 1 aromatic rings. The molecule has 1 aliphatic rings. The zero-order chi connectivity index (χ0) is 9.47. The van der Waals surface area contributed by atoms with Crippen LogP contribution >= 0.6 is 11.3 Å². The standard InChI is InChI=1S/C10H12O2S/c1-7-3-6-13-8(7)10(4-5-10)9(11)12-2/h3,6H,4-5H2,1-2H3. The van der Waals surface area contributed by atoms with Crippen molar-refractivity contribution in [3.05, 3.63) is 21.9 Å². The van der Waals surface area contributed by atoms with Crippen molar-refractivity contribution in [2.24, 2.45) is 0 Å². The maximum atomic E-state index is 11.5. The normalized spacial score (nSPS) is 18.3. The predicted molar refractivity (Wildman–Crippen MR) is 52.0 cm³/mol. The third kappa shape index (κ3) is 1.18. The Morgan fingerprint density at radius 1 is 1.62 bits per heavy atom. The summed E-state index contributed by atoms with van der Waals surface area (Å²) < 4.78 is 4.82. The first-order valence-electron chi connectivity index (χ1n) is 4.34. The Morgan fingerprint density at radius 2 is 2.31 bits per heavy atom. The van der Waals surface area contributed by atoms with Crippen molar-refractivity contribution in [3.8, 4) is 0 Å². The second kappa shape index (κ2) is 2.84. The number of carbonyl (C=O) groups is 1. The molecule has 13 heavy (non-hydrogen) atoms. The first-order valence-corrected chi connectivity index (χ1v) is 5.22. The molecular formula is C10H12O2S. The van der Waals surface area contributed by atoms with Crippen molar-refractivity contribution in [2.45, 2.75) is 25.2 Å². The second-order valence-corrected chi connectivity index (χ2v) is 4.42. The van der Waals surface area contributed by atoms with E-state index in [1.165, 1.54) is 17.6 Å². The molecule has 0 aliphatic heterocycles. The fourth-order valence-electron chi connectivity index (χ4n) is 1.71. The summed E-state index contributed by atoms with van der Waals surface area (Å²) in [5.74, 6) is -0.0713.